The first kappa shape index (κ1) is 27.0. The van der Waals surface area contributed by atoms with E-state index in [0.29, 0.717) is 51.3 Å². The van der Waals surface area contributed by atoms with Crippen LogP contribution in [-0.4, -0.2) is 87.3 Å². The second-order valence-corrected chi connectivity index (χ2v) is 9.95. The van der Waals surface area contributed by atoms with Gasteiger partial charge in [0.25, 0.3) is 0 Å². The molecule has 0 bridgehead atoms. The maximum Gasteiger partial charge on any atom is 0.308 e. The zero-order valence-corrected chi connectivity index (χ0v) is 21.6. The van der Waals surface area contributed by atoms with E-state index < -0.39 is 11.9 Å². The summed E-state index contributed by atoms with van der Waals surface area (Å²) in [5.41, 5.74) is 2.09. The fraction of sp³-hybridized carbons (Fsp3) is 0.571. The molecule has 0 spiro atoms. The summed E-state index contributed by atoms with van der Waals surface area (Å²) >= 11 is 0. The van der Waals surface area contributed by atoms with Crippen LogP contribution in [-0.2, 0) is 22.4 Å². The van der Waals surface area contributed by atoms with Crippen molar-refractivity contribution >= 4 is 11.9 Å². The van der Waals surface area contributed by atoms with Crippen LogP contribution in [0.1, 0.15) is 55.5 Å². The number of hydrogen-bond acceptors (Lipinski definition) is 7. The quantitative estimate of drug-likeness (QED) is 0.422. The molecule has 4 rings (SSSR count). The molecule has 0 saturated carbocycles. The largest absolute Gasteiger partial charge is 0.493 e. The lowest BCUT2D eigenvalue weighted by atomic mass is 9.83. The lowest BCUT2D eigenvalue weighted by Gasteiger charge is -2.29. The first-order chi connectivity index (χ1) is 18.0. The molecule has 9 heteroatoms. The van der Waals surface area contributed by atoms with E-state index in [2.05, 4.69) is 27.9 Å². The van der Waals surface area contributed by atoms with Gasteiger partial charge in [-0.25, -0.2) is 9.97 Å². The number of fused-ring (bicyclic) bond motifs is 1. The smallest absolute Gasteiger partial charge is 0.308 e. The average Bonchev–Trinajstić information content (AvgIpc) is 3.52. The molecule has 1 amide bonds. The molecule has 1 saturated heterocycles. The minimum Gasteiger partial charge on any atom is -0.493 e. The number of likely N-dealkylation sites (tertiary alicyclic amines) is 1. The summed E-state index contributed by atoms with van der Waals surface area (Å²) in [7, 11) is 0. The molecule has 1 aromatic heterocycles. The van der Waals surface area contributed by atoms with Gasteiger partial charge in [0.1, 0.15) is 11.6 Å². The molecule has 2 aliphatic rings. The van der Waals surface area contributed by atoms with Crippen molar-refractivity contribution in [1.82, 2.24) is 19.8 Å². The summed E-state index contributed by atoms with van der Waals surface area (Å²) in [5, 5.41) is 19.7. The highest BCUT2D eigenvalue weighted by molar-refractivity contribution is 5.79. The third-order valence-corrected chi connectivity index (χ3v) is 7.52. The Labute approximate surface area is 218 Å². The predicted molar refractivity (Wildman–Crippen MR) is 138 cm³/mol. The van der Waals surface area contributed by atoms with Crippen molar-refractivity contribution in [2.24, 2.45) is 5.92 Å². The number of aliphatic hydroxyl groups is 1. The lowest BCUT2D eigenvalue weighted by Crippen LogP contribution is -2.45. The lowest BCUT2D eigenvalue weighted by molar-refractivity contribution is -0.143. The number of aliphatic carboxylic acids is 1. The maximum absolute atomic E-state index is 13.4. The second-order valence-electron chi connectivity index (χ2n) is 9.95. The van der Waals surface area contributed by atoms with Gasteiger partial charge in [0.2, 0.25) is 5.91 Å². The highest BCUT2D eigenvalue weighted by Crippen LogP contribution is 2.41. The number of nitrogens with zero attached hydrogens (tertiary/aromatic N) is 4. The minimum atomic E-state index is -0.848. The van der Waals surface area contributed by atoms with E-state index in [0.717, 1.165) is 36.1 Å². The van der Waals surface area contributed by atoms with Gasteiger partial charge < -0.3 is 19.8 Å². The number of benzene rings is 1. The van der Waals surface area contributed by atoms with Crippen LogP contribution >= 0.6 is 0 Å². The standard InChI is InChI=1S/C28H38N4O5/c1-2-3-13-31(14-5-15-33)26(34)19-32-18-22(20-6-8-24-21(17-20)10-16-37-24)27(28(35)36)23(32)7-9-25-29-11-4-12-30-25/h4,6,8,11-12,17,22-23,27,33H,2-3,5,7,9-10,13-16,18-19H2,1H3,(H,35,36)/t22-,23+,27?/m1/s1. The molecule has 3 heterocycles. The number of aryl methyl sites for hydroxylation is 1. The van der Waals surface area contributed by atoms with E-state index in [4.69, 9.17) is 4.74 Å². The van der Waals surface area contributed by atoms with E-state index in [-0.39, 0.29) is 31.0 Å². The van der Waals surface area contributed by atoms with E-state index in [1.807, 2.05) is 17.0 Å². The average molecular weight is 511 g/mol. The number of rotatable bonds is 13. The Kier molecular flexibility index (Phi) is 9.46. The third kappa shape index (κ3) is 6.64. The number of hydrogen-bond donors (Lipinski definition) is 2. The number of carboxylic acids is 1. The van der Waals surface area contributed by atoms with Crippen LogP contribution in [0.4, 0.5) is 0 Å². The van der Waals surface area contributed by atoms with E-state index in [1.165, 1.54) is 0 Å². The zero-order valence-electron chi connectivity index (χ0n) is 21.6. The van der Waals surface area contributed by atoms with Crippen LogP contribution < -0.4 is 4.74 Å². The van der Waals surface area contributed by atoms with Crippen molar-refractivity contribution in [3.05, 3.63) is 53.6 Å². The molecule has 1 aromatic carbocycles. The van der Waals surface area contributed by atoms with Crippen LogP contribution in [0.15, 0.2) is 36.7 Å². The zero-order chi connectivity index (χ0) is 26.2. The molecule has 200 valence electrons. The molecule has 2 aromatic rings. The summed E-state index contributed by atoms with van der Waals surface area (Å²) in [6.45, 7) is 4.55. The van der Waals surface area contributed by atoms with Gasteiger partial charge in [-0.05, 0) is 42.5 Å². The Balaban J connectivity index is 1.59. The Morgan fingerprint density at radius 2 is 1.97 bits per heavy atom. The van der Waals surface area contributed by atoms with Gasteiger partial charge in [-0.15, -0.1) is 0 Å². The molecule has 0 radical (unpaired) electrons. The Hall–Kier alpha value is -3.04. The number of carbonyl (C=O) groups is 2. The Morgan fingerprint density at radius 3 is 2.70 bits per heavy atom. The van der Waals surface area contributed by atoms with Crippen LogP contribution in [0.5, 0.6) is 5.75 Å². The molecule has 9 nitrogen and oxygen atoms in total. The first-order valence-corrected chi connectivity index (χ1v) is 13.4. The summed E-state index contributed by atoms with van der Waals surface area (Å²) in [6.07, 6.45) is 7.67. The van der Waals surface area contributed by atoms with Crippen LogP contribution in [0, 0.1) is 5.92 Å². The second kappa shape index (κ2) is 13.0. The number of carboxylic acid groups (broad SMARTS) is 1. The van der Waals surface area contributed by atoms with Crippen molar-refractivity contribution in [1.29, 1.82) is 0 Å². The fourth-order valence-corrected chi connectivity index (χ4v) is 5.61. The minimum absolute atomic E-state index is 0.0185. The summed E-state index contributed by atoms with van der Waals surface area (Å²) in [4.78, 5) is 38.6. The van der Waals surface area contributed by atoms with Crippen LogP contribution in [0.3, 0.4) is 0 Å². The first-order valence-electron chi connectivity index (χ1n) is 13.4. The number of aliphatic hydroxyl groups excluding tert-OH is 1. The number of aromatic nitrogens is 2. The molecule has 1 unspecified atom stereocenters. The number of carbonyl (C=O) groups excluding carboxylic acids is 1. The van der Waals surface area contributed by atoms with Gasteiger partial charge in [0, 0.05) is 63.4 Å². The van der Waals surface area contributed by atoms with Gasteiger partial charge in [-0.3, -0.25) is 14.5 Å². The van der Waals surface area contributed by atoms with E-state index >= 15 is 0 Å². The Bertz CT molecular complexity index is 1040. The van der Waals surface area contributed by atoms with Gasteiger partial charge in [-0.1, -0.05) is 25.5 Å². The molecule has 2 N–H and O–H groups in total. The number of ether oxygens (including phenoxy) is 1. The van der Waals surface area contributed by atoms with Crippen LogP contribution in [0.25, 0.3) is 0 Å². The SMILES string of the molecule is CCCCN(CCCO)C(=O)CN1C[C@H](c2ccc3c(c2)CCO3)C(C(=O)O)[C@@H]1CCc1ncccn1. The predicted octanol–water partition coefficient (Wildman–Crippen LogP) is 2.52. The molecular formula is C28H38N4O5. The van der Waals surface area contributed by atoms with Gasteiger partial charge >= 0.3 is 5.97 Å². The molecule has 2 aliphatic heterocycles. The monoisotopic (exact) mass is 510 g/mol. The molecule has 0 aliphatic carbocycles. The fourth-order valence-electron chi connectivity index (χ4n) is 5.61. The van der Waals surface area contributed by atoms with Gasteiger partial charge in [0.15, 0.2) is 0 Å². The maximum atomic E-state index is 13.4. The van der Waals surface area contributed by atoms with Crippen LogP contribution in [0.2, 0.25) is 0 Å². The third-order valence-electron chi connectivity index (χ3n) is 7.52. The van der Waals surface area contributed by atoms with Crippen molar-refractivity contribution in [3.63, 3.8) is 0 Å². The van der Waals surface area contributed by atoms with Crippen molar-refractivity contribution in [2.45, 2.75) is 57.4 Å². The number of unbranched alkanes of at least 4 members (excludes halogenated alkanes) is 1. The molecular weight excluding hydrogens is 472 g/mol. The summed E-state index contributed by atoms with van der Waals surface area (Å²) < 4.78 is 5.65. The van der Waals surface area contributed by atoms with E-state index in [9.17, 15) is 19.8 Å². The molecule has 3 atom stereocenters. The number of amides is 1. The van der Waals surface area contributed by atoms with Gasteiger partial charge in [0.05, 0.1) is 19.1 Å². The van der Waals surface area contributed by atoms with Crippen molar-refractivity contribution in [2.75, 3.05) is 39.4 Å². The molecule has 1 fully saturated rings. The van der Waals surface area contributed by atoms with Crippen molar-refractivity contribution < 1.29 is 24.5 Å². The van der Waals surface area contributed by atoms with E-state index in [1.54, 1.807) is 18.5 Å². The van der Waals surface area contributed by atoms with Crippen molar-refractivity contribution in [3.8, 4) is 5.75 Å². The normalized spacial score (nSPS) is 21.0. The Morgan fingerprint density at radius 1 is 1.19 bits per heavy atom. The molecule has 37 heavy (non-hydrogen) atoms. The summed E-state index contributed by atoms with van der Waals surface area (Å²) in [5.74, 6) is -0.218. The topological polar surface area (TPSA) is 116 Å². The summed E-state index contributed by atoms with van der Waals surface area (Å²) in [6, 6.07) is 7.43. The highest BCUT2D eigenvalue weighted by atomic mass is 16.5. The highest BCUT2D eigenvalue weighted by Gasteiger charge is 2.47. The van der Waals surface area contributed by atoms with Gasteiger partial charge in [-0.2, -0.15) is 0 Å².